The second-order valence-electron chi connectivity index (χ2n) is 5.30. The third kappa shape index (κ3) is 3.94. The van der Waals surface area contributed by atoms with Crippen molar-refractivity contribution in [1.82, 2.24) is 5.32 Å². The third-order valence-electron chi connectivity index (χ3n) is 3.77. The van der Waals surface area contributed by atoms with Crippen LogP contribution < -0.4 is 19.5 Å². The number of ether oxygens (including phenoxy) is 3. The highest BCUT2D eigenvalue weighted by Gasteiger charge is 2.15. The first-order valence-corrected chi connectivity index (χ1v) is 7.47. The van der Waals surface area contributed by atoms with Crippen LogP contribution in [0.1, 0.15) is 24.1 Å². The fourth-order valence-corrected chi connectivity index (χ4v) is 2.47. The molecule has 0 saturated heterocycles. The van der Waals surface area contributed by atoms with Gasteiger partial charge in [0, 0.05) is 24.2 Å². The van der Waals surface area contributed by atoms with Gasteiger partial charge in [0.2, 0.25) is 5.75 Å². The van der Waals surface area contributed by atoms with E-state index < -0.39 is 11.6 Å². The molecule has 6 heteroatoms. The lowest BCUT2D eigenvalue weighted by atomic mass is 10.1. The first kappa shape index (κ1) is 18.0. The molecule has 130 valence electrons. The molecule has 0 aromatic heterocycles. The van der Waals surface area contributed by atoms with E-state index in [9.17, 15) is 8.78 Å². The molecule has 0 bridgehead atoms. The number of hydrogen-bond donors (Lipinski definition) is 1. The average Bonchev–Trinajstić information content (AvgIpc) is 2.58. The second kappa shape index (κ2) is 7.97. The number of rotatable bonds is 7. The zero-order valence-electron chi connectivity index (χ0n) is 14.2. The minimum Gasteiger partial charge on any atom is -0.493 e. The predicted molar refractivity (Wildman–Crippen MR) is 87.7 cm³/mol. The minimum absolute atomic E-state index is 0.287. The Bertz CT molecular complexity index is 682. The van der Waals surface area contributed by atoms with Crippen molar-refractivity contribution in [1.29, 1.82) is 0 Å². The van der Waals surface area contributed by atoms with E-state index in [1.807, 2.05) is 19.1 Å². The molecule has 0 amide bonds. The maximum atomic E-state index is 13.8. The normalized spacial score (nSPS) is 11.9. The van der Waals surface area contributed by atoms with Crippen molar-refractivity contribution >= 4 is 0 Å². The minimum atomic E-state index is -0.590. The summed E-state index contributed by atoms with van der Waals surface area (Å²) in [5, 5.41) is 3.20. The highest BCUT2D eigenvalue weighted by atomic mass is 19.1. The molecule has 4 nitrogen and oxygen atoms in total. The van der Waals surface area contributed by atoms with E-state index in [2.05, 4.69) is 5.32 Å². The summed E-state index contributed by atoms with van der Waals surface area (Å²) in [5.41, 5.74) is 1.29. The number of halogens is 2. The summed E-state index contributed by atoms with van der Waals surface area (Å²) >= 11 is 0. The lowest BCUT2D eigenvalue weighted by Crippen LogP contribution is -2.19. The smallest absolute Gasteiger partial charge is 0.203 e. The highest BCUT2D eigenvalue weighted by molar-refractivity contribution is 5.53. The SMILES string of the molecule is COc1cc(CN[C@@H](C)c2ccc(F)cc2F)cc(OC)c1OC. The van der Waals surface area contributed by atoms with Gasteiger partial charge in [-0.2, -0.15) is 0 Å². The largest absolute Gasteiger partial charge is 0.493 e. The van der Waals surface area contributed by atoms with Gasteiger partial charge in [-0.3, -0.25) is 0 Å². The van der Waals surface area contributed by atoms with Gasteiger partial charge in [0.25, 0.3) is 0 Å². The Morgan fingerprint density at radius 2 is 1.58 bits per heavy atom. The molecular weight excluding hydrogens is 316 g/mol. The zero-order valence-corrected chi connectivity index (χ0v) is 14.2. The van der Waals surface area contributed by atoms with E-state index in [1.54, 1.807) is 14.2 Å². The van der Waals surface area contributed by atoms with E-state index in [-0.39, 0.29) is 6.04 Å². The summed E-state index contributed by atoms with van der Waals surface area (Å²) < 4.78 is 42.7. The lowest BCUT2D eigenvalue weighted by Gasteiger charge is -2.17. The van der Waals surface area contributed by atoms with Gasteiger partial charge in [0.1, 0.15) is 11.6 Å². The fourth-order valence-electron chi connectivity index (χ4n) is 2.47. The number of benzene rings is 2. The van der Waals surface area contributed by atoms with Crippen LogP contribution in [0.15, 0.2) is 30.3 Å². The molecule has 0 saturated carbocycles. The van der Waals surface area contributed by atoms with Crippen molar-refractivity contribution in [2.75, 3.05) is 21.3 Å². The average molecular weight is 337 g/mol. The van der Waals surface area contributed by atoms with Gasteiger partial charge in [0.15, 0.2) is 11.5 Å². The molecule has 0 aliphatic rings. The van der Waals surface area contributed by atoms with Crippen molar-refractivity contribution in [3.05, 3.63) is 53.1 Å². The Balaban J connectivity index is 2.16. The molecule has 1 N–H and O–H groups in total. The van der Waals surface area contributed by atoms with Crippen LogP contribution in [0.25, 0.3) is 0 Å². The molecule has 0 spiro atoms. The maximum absolute atomic E-state index is 13.8. The Kier molecular flexibility index (Phi) is 5.98. The van der Waals surface area contributed by atoms with Crippen molar-refractivity contribution in [2.24, 2.45) is 0 Å². The van der Waals surface area contributed by atoms with E-state index >= 15 is 0 Å². The summed E-state index contributed by atoms with van der Waals surface area (Å²) in [6.07, 6.45) is 0. The molecule has 24 heavy (non-hydrogen) atoms. The predicted octanol–water partition coefficient (Wildman–Crippen LogP) is 3.84. The summed E-state index contributed by atoms with van der Waals surface area (Å²) in [7, 11) is 4.63. The van der Waals surface area contributed by atoms with E-state index in [0.29, 0.717) is 29.4 Å². The molecule has 0 radical (unpaired) electrons. The lowest BCUT2D eigenvalue weighted by molar-refractivity contribution is 0.323. The molecule has 0 heterocycles. The summed E-state index contributed by atoms with van der Waals surface area (Å²) in [6.45, 7) is 2.27. The van der Waals surface area contributed by atoms with E-state index in [0.717, 1.165) is 11.6 Å². The van der Waals surface area contributed by atoms with E-state index in [4.69, 9.17) is 14.2 Å². The maximum Gasteiger partial charge on any atom is 0.203 e. The molecule has 1 atom stereocenters. The van der Waals surface area contributed by atoms with Crippen LogP contribution in [-0.2, 0) is 6.54 Å². The van der Waals surface area contributed by atoms with Gasteiger partial charge in [0.05, 0.1) is 21.3 Å². The molecule has 0 aliphatic heterocycles. The van der Waals surface area contributed by atoms with Crippen LogP contribution in [0.2, 0.25) is 0 Å². The van der Waals surface area contributed by atoms with Gasteiger partial charge in [-0.05, 0) is 30.7 Å². The van der Waals surface area contributed by atoms with Crippen molar-refractivity contribution in [3.8, 4) is 17.2 Å². The zero-order chi connectivity index (χ0) is 17.7. The molecular formula is C18H21F2NO3. The molecule has 0 aliphatic carbocycles. The molecule has 2 aromatic carbocycles. The summed E-state index contributed by atoms with van der Waals surface area (Å²) in [5.74, 6) is 0.456. The van der Waals surface area contributed by atoms with Crippen molar-refractivity contribution in [2.45, 2.75) is 19.5 Å². The van der Waals surface area contributed by atoms with Crippen LogP contribution in [0.4, 0.5) is 8.78 Å². The van der Waals surface area contributed by atoms with Crippen LogP contribution in [0.3, 0.4) is 0 Å². The number of hydrogen-bond acceptors (Lipinski definition) is 4. The topological polar surface area (TPSA) is 39.7 Å². The second-order valence-corrected chi connectivity index (χ2v) is 5.30. The van der Waals surface area contributed by atoms with Crippen molar-refractivity contribution in [3.63, 3.8) is 0 Å². The van der Waals surface area contributed by atoms with E-state index in [1.165, 1.54) is 19.2 Å². The standard InChI is InChI=1S/C18H21F2NO3/c1-11(14-6-5-13(19)9-15(14)20)21-10-12-7-16(22-2)18(24-4)17(8-12)23-3/h5-9,11,21H,10H2,1-4H3/t11-/m0/s1. The van der Waals surface area contributed by atoms with Crippen LogP contribution in [0.5, 0.6) is 17.2 Å². The monoisotopic (exact) mass is 337 g/mol. The first-order chi connectivity index (χ1) is 11.5. The van der Waals surface area contributed by atoms with Crippen LogP contribution in [0, 0.1) is 11.6 Å². The number of methoxy groups -OCH3 is 3. The quantitative estimate of drug-likeness (QED) is 0.833. The fraction of sp³-hybridized carbons (Fsp3) is 0.333. The molecule has 2 aromatic rings. The van der Waals surface area contributed by atoms with Gasteiger partial charge in [-0.25, -0.2) is 8.78 Å². The number of nitrogens with one attached hydrogen (secondary N) is 1. The Morgan fingerprint density at radius 1 is 0.958 bits per heavy atom. The van der Waals surface area contributed by atoms with Gasteiger partial charge >= 0.3 is 0 Å². The van der Waals surface area contributed by atoms with Gasteiger partial charge in [-0.15, -0.1) is 0 Å². The first-order valence-electron chi connectivity index (χ1n) is 7.47. The van der Waals surface area contributed by atoms with Crippen molar-refractivity contribution < 1.29 is 23.0 Å². The Morgan fingerprint density at radius 3 is 2.08 bits per heavy atom. The summed E-state index contributed by atoms with van der Waals surface area (Å²) in [6, 6.07) is 6.93. The molecule has 0 fully saturated rings. The highest BCUT2D eigenvalue weighted by Crippen LogP contribution is 2.38. The van der Waals surface area contributed by atoms with Crippen LogP contribution in [-0.4, -0.2) is 21.3 Å². The third-order valence-corrected chi connectivity index (χ3v) is 3.77. The van der Waals surface area contributed by atoms with Gasteiger partial charge < -0.3 is 19.5 Å². The molecule has 0 unspecified atom stereocenters. The van der Waals surface area contributed by atoms with Crippen LogP contribution >= 0.6 is 0 Å². The summed E-state index contributed by atoms with van der Waals surface area (Å²) in [4.78, 5) is 0. The molecule has 2 rings (SSSR count). The van der Waals surface area contributed by atoms with Gasteiger partial charge in [-0.1, -0.05) is 6.07 Å². The Labute approximate surface area is 140 Å². The Hall–Kier alpha value is -2.34.